The second-order valence-corrected chi connectivity index (χ2v) is 15.4. The number of rotatable bonds is 13. The molecule has 5 aromatic rings. The Morgan fingerprint density at radius 2 is 1.72 bits per heavy atom. The molecule has 0 spiro atoms. The molecule has 1 amide bonds. The number of amides is 1. The zero-order chi connectivity index (χ0) is 35.1. The van der Waals surface area contributed by atoms with E-state index in [9.17, 15) is 23.1 Å². The molecule has 0 atom stereocenters. The Labute approximate surface area is 295 Å². The number of hydrogen-bond donors (Lipinski definition) is 4. The lowest BCUT2D eigenvalue weighted by Gasteiger charge is -2.32. The van der Waals surface area contributed by atoms with Crippen molar-refractivity contribution in [3.63, 3.8) is 0 Å². The van der Waals surface area contributed by atoms with Gasteiger partial charge in [0.05, 0.1) is 15.3 Å². The summed E-state index contributed by atoms with van der Waals surface area (Å²) in [5, 5.41) is 16.3. The average molecular weight is 716 g/mol. The number of likely N-dealkylation sites (N-methyl/N-ethyl adjacent to an activating group) is 1. The summed E-state index contributed by atoms with van der Waals surface area (Å²) >= 11 is 1.09. The second-order valence-electron chi connectivity index (χ2n) is 12.3. The molecule has 6 rings (SSSR count). The zero-order valence-electron chi connectivity index (χ0n) is 27.8. The van der Waals surface area contributed by atoms with E-state index in [2.05, 4.69) is 20.5 Å². The molecule has 1 fully saturated rings. The molecule has 0 bridgehead atoms. The highest BCUT2D eigenvalue weighted by Gasteiger charge is 2.25. The fourth-order valence-corrected chi connectivity index (χ4v) is 8.15. The summed E-state index contributed by atoms with van der Waals surface area (Å²) in [6.45, 7) is 3.54. The number of carbonyl (C=O) groups excluding carboxylic acids is 1. The molecule has 11 nitrogen and oxygen atoms in total. The molecule has 0 unspecified atom stereocenters. The number of benzene rings is 4. The van der Waals surface area contributed by atoms with Crippen molar-refractivity contribution in [2.75, 3.05) is 45.1 Å². The minimum absolute atomic E-state index is 0.0612. The van der Waals surface area contributed by atoms with Crippen LogP contribution in [0.3, 0.4) is 0 Å². The standard InChI is InChI=1S/C37H41N5O6S2/c1-41(23-24-42-21-18-29(19-22-42)48-36(44)39-32-10-6-5-9-31(32)27-7-3-2-4-8-27)50(46,47)30-14-11-26(12-15-30)25-38-20-17-28-13-16-33(43)34-35(28)49-37(45)40-34/h2-16,29,38,43H,17-25H2,1H3,(H,39,44)(H,40,45). The number of phenolic OH excluding ortho intramolecular Hbond substituents is 1. The van der Waals surface area contributed by atoms with Crippen LogP contribution in [0.15, 0.2) is 101 Å². The van der Waals surface area contributed by atoms with Gasteiger partial charge in [-0.05, 0) is 66.8 Å². The summed E-state index contributed by atoms with van der Waals surface area (Å²) in [7, 11) is -2.06. The van der Waals surface area contributed by atoms with E-state index in [1.165, 1.54) is 4.31 Å². The number of fused-ring (bicyclic) bond motifs is 1. The maximum Gasteiger partial charge on any atom is 0.411 e. The molecule has 0 saturated carbocycles. The van der Waals surface area contributed by atoms with E-state index < -0.39 is 16.1 Å². The van der Waals surface area contributed by atoms with Crippen molar-refractivity contribution in [1.29, 1.82) is 0 Å². The lowest BCUT2D eigenvalue weighted by atomic mass is 10.0. The molecule has 1 aromatic heterocycles. The smallest absolute Gasteiger partial charge is 0.411 e. The van der Waals surface area contributed by atoms with Gasteiger partial charge < -0.3 is 25.0 Å². The van der Waals surface area contributed by atoms with E-state index in [-0.39, 0.29) is 21.6 Å². The molecule has 0 aliphatic carbocycles. The van der Waals surface area contributed by atoms with Crippen LogP contribution in [0.2, 0.25) is 0 Å². The van der Waals surface area contributed by atoms with Crippen molar-refractivity contribution in [1.82, 2.24) is 19.5 Å². The number of thiazole rings is 1. The largest absolute Gasteiger partial charge is 0.506 e. The predicted molar refractivity (Wildman–Crippen MR) is 197 cm³/mol. The minimum Gasteiger partial charge on any atom is -0.506 e. The molecule has 1 aliphatic heterocycles. The maximum atomic E-state index is 13.3. The van der Waals surface area contributed by atoms with Gasteiger partial charge in [-0.3, -0.25) is 10.1 Å². The van der Waals surface area contributed by atoms with Gasteiger partial charge in [-0.2, -0.15) is 4.31 Å². The number of sulfonamides is 1. The number of ether oxygens (including phenoxy) is 1. The summed E-state index contributed by atoms with van der Waals surface area (Å²) in [4.78, 5) is 29.4. The van der Waals surface area contributed by atoms with Crippen LogP contribution in [0.5, 0.6) is 5.75 Å². The molecule has 50 heavy (non-hydrogen) atoms. The van der Waals surface area contributed by atoms with Crippen molar-refractivity contribution in [3.8, 4) is 16.9 Å². The molecule has 13 heteroatoms. The molecule has 0 radical (unpaired) electrons. The first-order valence-electron chi connectivity index (χ1n) is 16.6. The van der Waals surface area contributed by atoms with E-state index in [1.807, 2.05) is 72.8 Å². The zero-order valence-corrected chi connectivity index (χ0v) is 29.4. The quantitative estimate of drug-likeness (QED) is 0.115. The number of phenols is 1. The number of H-pyrrole nitrogens is 1. The van der Waals surface area contributed by atoms with Gasteiger partial charge in [0.25, 0.3) is 0 Å². The maximum absolute atomic E-state index is 13.3. The van der Waals surface area contributed by atoms with Gasteiger partial charge in [0.1, 0.15) is 17.4 Å². The molecular formula is C37H41N5O6S2. The fraction of sp³-hybridized carbons (Fsp3) is 0.297. The Morgan fingerprint density at radius 3 is 2.48 bits per heavy atom. The highest BCUT2D eigenvalue weighted by Crippen LogP contribution is 2.29. The molecular weight excluding hydrogens is 675 g/mol. The highest BCUT2D eigenvalue weighted by atomic mass is 32.2. The van der Waals surface area contributed by atoms with E-state index in [4.69, 9.17) is 4.74 Å². The Kier molecular flexibility index (Phi) is 11.3. The SMILES string of the molecule is CN(CCN1CCC(OC(=O)Nc2ccccc2-c2ccccc2)CC1)S(=O)(=O)c1ccc(CNCCc2ccc(O)c3[nH]c(=O)sc23)cc1. The van der Waals surface area contributed by atoms with E-state index in [1.54, 1.807) is 25.2 Å². The molecule has 1 aliphatic rings. The van der Waals surface area contributed by atoms with E-state index >= 15 is 0 Å². The van der Waals surface area contributed by atoms with Crippen LogP contribution in [0.25, 0.3) is 21.3 Å². The van der Waals surface area contributed by atoms with Crippen LogP contribution in [0.4, 0.5) is 10.5 Å². The number of hydrogen-bond acceptors (Lipinski definition) is 9. The first kappa shape index (κ1) is 35.3. The molecule has 4 aromatic carbocycles. The normalized spacial score (nSPS) is 14.3. The monoisotopic (exact) mass is 715 g/mol. The van der Waals surface area contributed by atoms with Gasteiger partial charge in [0, 0.05) is 45.3 Å². The topological polar surface area (TPSA) is 144 Å². The first-order valence-corrected chi connectivity index (χ1v) is 18.9. The highest BCUT2D eigenvalue weighted by molar-refractivity contribution is 7.89. The van der Waals surface area contributed by atoms with Crippen molar-refractivity contribution >= 4 is 43.4 Å². The van der Waals surface area contributed by atoms with Gasteiger partial charge in [0.2, 0.25) is 10.0 Å². The first-order chi connectivity index (χ1) is 24.2. The Morgan fingerprint density at radius 1 is 1.00 bits per heavy atom. The van der Waals surface area contributed by atoms with Crippen molar-refractivity contribution in [3.05, 3.63) is 112 Å². The third-order valence-electron chi connectivity index (χ3n) is 8.96. The summed E-state index contributed by atoms with van der Waals surface area (Å²) in [5.41, 5.74) is 5.02. The number of carbonyl (C=O) groups is 1. The van der Waals surface area contributed by atoms with Crippen LogP contribution in [0.1, 0.15) is 24.0 Å². The Hall–Kier alpha value is -4.53. The summed E-state index contributed by atoms with van der Waals surface area (Å²) < 4.78 is 34.5. The Bertz CT molecular complexity index is 2080. The number of piperidine rings is 1. The number of nitrogens with one attached hydrogen (secondary N) is 3. The average Bonchev–Trinajstić information content (AvgIpc) is 3.53. The molecule has 4 N–H and O–H groups in total. The molecule has 1 saturated heterocycles. The summed E-state index contributed by atoms with van der Waals surface area (Å²) in [6.07, 6.45) is 1.33. The van der Waals surface area contributed by atoms with Crippen molar-refractivity contribution in [2.45, 2.75) is 36.8 Å². The minimum atomic E-state index is -3.66. The number of aromatic nitrogens is 1. The number of aromatic hydroxyl groups is 1. The Balaban J connectivity index is 0.916. The van der Waals surface area contributed by atoms with E-state index in [0.717, 1.165) is 38.3 Å². The third kappa shape index (κ3) is 8.60. The van der Waals surface area contributed by atoms with Crippen molar-refractivity contribution < 1.29 is 23.1 Å². The van der Waals surface area contributed by atoms with Crippen LogP contribution in [-0.4, -0.2) is 79.7 Å². The predicted octanol–water partition coefficient (Wildman–Crippen LogP) is 5.63. The van der Waals surface area contributed by atoms with Gasteiger partial charge in [-0.15, -0.1) is 0 Å². The number of para-hydroxylation sites is 1. The lowest BCUT2D eigenvalue weighted by molar-refractivity contribution is 0.0581. The fourth-order valence-electron chi connectivity index (χ4n) is 6.09. The number of anilines is 1. The second kappa shape index (κ2) is 16.0. The number of nitrogens with zero attached hydrogens (tertiary/aromatic N) is 2. The van der Waals surface area contributed by atoms with Crippen LogP contribution >= 0.6 is 11.3 Å². The molecule has 2 heterocycles. The van der Waals surface area contributed by atoms with Crippen LogP contribution in [-0.2, 0) is 27.7 Å². The van der Waals surface area contributed by atoms with Gasteiger partial charge >= 0.3 is 11.0 Å². The van der Waals surface area contributed by atoms with Gasteiger partial charge in [0.15, 0.2) is 0 Å². The van der Waals surface area contributed by atoms with Crippen LogP contribution < -0.4 is 15.5 Å². The summed E-state index contributed by atoms with van der Waals surface area (Å²) in [6, 6.07) is 27.8. The van der Waals surface area contributed by atoms with Gasteiger partial charge in [-0.1, -0.05) is 78.1 Å². The number of likely N-dealkylation sites (tertiary alicyclic amines) is 1. The van der Waals surface area contributed by atoms with Gasteiger partial charge in [-0.25, -0.2) is 13.2 Å². The number of aromatic amines is 1. The summed E-state index contributed by atoms with van der Waals surface area (Å²) in [5.74, 6) is 0.0612. The van der Waals surface area contributed by atoms with E-state index in [0.29, 0.717) is 69.7 Å². The lowest BCUT2D eigenvalue weighted by Crippen LogP contribution is -2.42. The van der Waals surface area contributed by atoms with Crippen LogP contribution in [0, 0.1) is 0 Å². The third-order valence-corrected chi connectivity index (χ3v) is 11.8. The molecule has 262 valence electrons. The van der Waals surface area contributed by atoms with Crippen molar-refractivity contribution in [2.24, 2.45) is 0 Å².